The Balaban J connectivity index is 1.95. The number of carbonyl (C=O) groups excluding carboxylic acids is 1. The van der Waals surface area contributed by atoms with Gasteiger partial charge in [0.05, 0.1) is 4.34 Å². The maximum absolute atomic E-state index is 11.8. The van der Waals surface area contributed by atoms with Crippen LogP contribution in [0, 0.1) is 0 Å². The van der Waals surface area contributed by atoms with Crippen molar-refractivity contribution < 1.29 is 4.79 Å². The topological polar surface area (TPSA) is 43.1 Å². The molecule has 1 heterocycles. The van der Waals surface area contributed by atoms with Gasteiger partial charge in [-0.15, -0.1) is 11.3 Å². The van der Waals surface area contributed by atoms with Crippen LogP contribution in [0.3, 0.4) is 0 Å². The minimum Gasteiger partial charge on any atom is -0.399 e. The van der Waals surface area contributed by atoms with Crippen molar-refractivity contribution in [3.63, 3.8) is 0 Å². The number of hydrogen-bond acceptors (Lipinski definition) is 3. The summed E-state index contributed by atoms with van der Waals surface area (Å²) in [6.45, 7) is 0. The summed E-state index contributed by atoms with van der Waals surface area (Å²) in [7, 11) is 0. The third-order valence-electron chi connectivity index (χ3n) is 2.38. The van der Waals surface area contributed by atoms with Crippen molar-refractivity contribution in [3.8, 4) is 0 Å². The second kappa shape index (κ2) is 5.34. The lowest BCUT2D eigenvalue weighted by molar-refractivity contribution is -0.117. The van der Waals surface area contributed by atoms with Gasteiger partial charge in [0, 0.05) is 23.4 Å². The summed E-state index contributed by atoms with van der Waals surface area (Å²) in [5.74, 6) is 0.188. The van der Waals surface area contributed by atoms with E-state index in [2.05, 4.69) is 0 Å². The number of halogens is 1. The Labute approximate surface area is 109 Å². The molecule has 0 aliphatic rings. The molecule has 0 atom stereocenters. The van der Waals surface area contributed by atoms with Gasteiger partial charge in [-0.3, -0.25) is 4.79 Å². The normalized spacial score (nSPS) is 10.4. The summed E-state index contributed by atoms with van der Waals surface area (Å²) in [5, 5.41) is 0. The van der Waals surface area contributed by atoms with Gasteiger partial charge in [0.15, 0.2) is 0 Å². The molecule has 0 bridgehead atoms. The van der Waals surface area contributed by atoms with E-state index in [9.17, 15) is 4.79 Å². The number of thiophene rings is 1. The number of nitrogens with two attached hydrogens (primary N) is 1. The first-order chi connectivity index (χ1) is 8.13. The van der Waals surface area contributed by atoms with Crippen molar-refractivity contribution in [2.45, 2.75) is 12.8 Å². The van der Waals surface area contributed by atoms with Crippen LogP contribution in [-0.2, 0) is 17.6 Å². The molecule has 0 saturated carbocycles. The van der Waals surface area contributed by atoms with E-state index >= 15 is 0 Å². The van der Waals surface area contributed by atoms with Gasteiger partial charge >= 0.3 is 0 Å². The molecule has 0 radical (unpaired) electrons. The number of rotatable bonds is 4. The summed E-state index contributed by atoms with van der Waals surface area (Å²) in [5.41, 5.74) is 7.29. The van der Waals surface area contributed by atoms with E-state index in [0.717, 1.165) is 14.8 Å². The summed E-state index contributed by atoms with van der Waals surface area (Å²) in [4.78, 5) is 12.8. The largest absolute Gasteiger partial charge is 0.399 e. The van der Waals surface area contributed by atoms with Crippen molar-refractivity contribution >= 4 is 34.4 Å². The van der Waals surface area contributed by atoms with Gasteiger partial charge in [-0.05, 0) is 29.8 Å². The minimum absolute atomic E-state index is 0.188. The molecule has 0 aliphatic heterocycles. The highest BCUT2D eigenvalue weighted by molar-refractivity contribution is 7.16. The van der Waals surface area contributed by atoms with Gasteiger partial charge in [-0.25, -0.2) is 0 Å². The van der Waals surface area contributed by atoms with Crippen LogP contribution in [-0.4, -0.2) is 5.78 Å². The van der Waals surface area contributed by atoms with Crippen LogP contribution in [0.1, 0.15) is 10.4 Å². The molecule has 1 aromatic carbocycles. The van der Waals surface area contributed by atoms with Crippen molar-refractivity contribution in [2.24, 2.45) is 0 Å². The Morgan fingerprint density at radius 2 is 1.82 bits per heavy atom. The lowest BCUT2D eigenvalue weighted by atomic mass is 10.1. The van der Waals surface area contributed by atoms with Crippen LogP contribution >= 0.6 is 22.9 Å². The Hall–Kier alpha value is -1.32. The molecule has 2 aromatic rings. The highest BCUT2D eigenvalue weighted by atomic mass is 35.5. The predicted octanol–water partition coefficient (Wildman–Crippen LogP) is 3.34. The van der Waals surface area contributed by atoms with E-state index in [0.29, 0.717) is 18.5 Å². The van der Waals surface area contributed by atoms with Crippen LogP contribution in [0.25, 0.3) is 0 Å². The molecule has 0 saturated heterocycles. The molecular formula is C13H12ClNOS. The molecular weight excluding hydrogens is 254 g/mol. The van der Waals surface area contributed by atoms with Crippen LogP contribution < -0.4 is 5.73 Å². The quantitative estimate of drug-likeness (QED) is 0.862. The molecule has 2 rings (SSSR count). The fraction of sp³-hybridized carbons (Fsp3) is 0.154. The van der Waals surface area contributed by atoms with E-state index in [1.54, 1.807) is 0 Å². The maximum Gasteiger partial charge on any atom is 0.142 e. The van der Waals surface area contributed by atoms with Crippen molar-refractivity contribution in [3.05, 3.63) is 51.2 Å². The SMILES string of the molecule is Nc1ccc(CC(=O)Cc2ccc(Cl)s2)cc1. The van der Waals surface area contributed by atoms with Gasteiger partial charge in [-0.2, -0.15) is 0 Å². The van der Waals surface area contributed by atoms with Crippen molar-refractivity contribution in [2.75, 3.05) is 5.73 Å². The lowest BCUT2D eigenvalue weighted by Crippen LogP contribution is -2.05. The smallest absolute Gasteiger partial charge is 0.142 e. The summed E-state index contributed by atoms with van der Waals surface area (Å²) in [6.07, 6.45) is 0.886. The summed E-state index contributed by atoms with van der Waals surface area (Å²) >= 11 is 7.27. The number of ketones is 1. The van der Waals surface area contributed by atoms with E-state index in [1.807, 2.05) is 36.4 Å². The zero-order valence-corrected chi connectivity index (χ0v) is 10.7. The molecule has 1 aromatic heterocycles. The van der Waals surface area contributed by atoms with Gasteiger partial charge in [-0.1, -0.05) is 23.7 Å². The minimum atomic E-state index is 0.188. The van der Waals surface area contributed by atoms with E-state index < -0.39 is 0 Å². The van der Waals surface area contributed by atoms with Crippen molar-refractivity contribution in [1.29, 1.82) is 0 Å². The first kappa shape index (κ1) is 12.1. The molecule has 0 amide bonds. The number of Topliss-reactive ketones (excluding diaryl/α,β-unsaturated/α-hetero) is 1. The second-order valence-electron chi connectivity index (χ2n) is 3.84. The maximum atomic E-state index is 11.8. The fourth-order valence-electron chi connectivity index (χ4n) is 1.57. The molecule has 0 aliphatic carbocycles. The zero-order valence-electron chi connectivity index (χ0n) is 9.15. The monoisotopic (exact) mass is 265 g/mol. The summed E-state index contributed by atoms with van der Waals surface area (Å²) in [6, 6.07) is 11.1. The fourth-order valence-corrected chi connectivity index (χ4v) is 2.68. The van der Waals surface area contributed by atoms with E-state index in [1.165, 1.54) is 11.3 Å². The molecule has 88 valence electrons. The Bertz CT molecular complexity index is 518. The van der Waals surface area contributed by atoms with Crippen molar-refractivity contribution in [1.82, 2.24) is 0 Å². The summed E-state index contributed by atoms with van der Waals surface area (Å²) < 4.78 is 0.722. The highest BCUT2D eigenvalue weighted by Crippen LogP contribution is 2.22. The zero-order chi connectivity index (χ0) is 12.3. The van der Waals surface area contributed by atoms with Crippen LogP contribution in [0.15, 0.2) is 36.4 Å². The average Bonchev–Trinajstić information content (AvgIpc) is 2.67. The second-order valence-corrected chi connectivity index (χ2v) is 5.64. The molecule has 2 N–H and O–H groups in total. The van der Waals surface area contributed by atoms with Gasteiger partial charge in [0.25, 0.3) is 0 Å². The Morgan fingerprint density at radius 1 is 1.12 bits per heavy atom. The third-order valence-corrected chi connectivity index (χ3v) is 3.61. The first-order valence-electron chi connectivity index (χ1n) is 5.24. The van der Waals surface area contributed by atoms with Crippen LogP contribution in [0.5, 0.6) is 0 Å². The van der Waals surface area contributed by atoms with E-state index in [4.69, 9.17) is 17.3 Å². The number of anilines is 1. The van der Waals surface area contributed by atoms with Gasteiger partial charge < -0.3 is 5.73 Å². The first-order valence-corrected chi connectivity index (χ1v) is 6.43. The third kappa shape index (κ3) is 3.58. The van der Waals surface area contributed by atoms with Crippen LogP contribution in [0.4, 0.5) is 5.69 Å². The molecule has 4 heteroatoms. The van der Waals surface area contributed by atoms with Gasteiger partial charge in [0.2, 0.25) is 0 Å². The molecule has 2 nitrogen and oxygen atoms in total. The number of benzene rings is 1. The average molecular weight is 266 g/mol. The number of hydrogen-bond donors (Lipinski definition) is 1. The van der Waals surface area contributed by atoms with E-state index in [-0.39, 0.29) is 5.78 Å². The highest BCUT2D eigenvalue weighted by Gasteiger charge is 2.07. The lowest BCUT2D eigenvalue weighted by Gasteiger charge is -2.00. The molecule has 17 heavy (non-hydrogen) atoms. The molecule has 0 spiro atoms. The Morgan fingerprint density at radius 3 is 2.41 bits per heavy atom. The van der Waals surface area contributed by atoms with Gasteiger partial charge in [0.1, 0.15) is 5.78 Å². The molecule has 0 fully saturated rings. The number of nitrogen functional groups attached to an aromatic ring is 1. The standard InChI is InChI=1S/C13H12ClNOS/c14-13-6-5-12(17-13)8-11(16)7-9-1-3-10(15)4-2-9/h1-6H,7-8,15H2. The predicted molar refractivity (Wildman–Crippen MR) is 72.6 cm³/mol. The number of carbonyl (C=O) groups is 1. The van der Waals surface area contributed by atoms with Crippen LogP contribution in [0.2, 0.25) is 4.34 Å². The molecule has 0 unspecified atom stereocenters. The Kier molecular flexibility index (Phi) is 3.82.